The largest absolute Gasteiger partial charge is 0.490 e. The quantitative estimate of drug-likeness (QED) is 0.350. The molecule has 0 saturated carbocycles. The molecule has 0 aliphatic carbocycles. The molecule has 6 heteroatoms. The number of rotatable bonds is 4. The summed E-state index contributed by atoms with van der Waals surface area (Å²) in [5.74, 6) is 0.185. The van der Waals surface area contributed by atoms with Crippen molar-refractivity contribution in [3.8, 4) is 11.8 Å². The lowest BCUT2D eigenvalue weighted by atomic mass is 10.0. The summed E-state index contributed by atoms with van der Waals surface area (Å²) in [5, 5.41) is 20.3. The third-order valence-corrected chi connectivity index (χ3v) is 3.51. The molecule has 22 heavy (non-hydrogen) atoms. The second-order valence-corrected chi connectivity index (χ2v) is 5.28. The van der Waals surface area contributed by atoms with Gasteiger partial charge in [0.2, 0.25) is 0 Å². The number of ether oxygens (including phenoxy) is 1. The summed E-state index contributed by atoms with van der Waals surface area (Å²) in [4.78, 5) is 10.5. The van der Waals surface area contributed by atoms with Gasteiger partial charge in [-0.2, -0.15) is 5.26 Å². The fourth-order valence-electron chi connectivity index (χ4n) is 1.92. The van der Waals surface area contributed by atoms with Crippen molar-refractivity contribution in [2.75, 3.05) is 7.11 Å². The van der Waals surface area contributed by atoms with Crippen molar-refractivity contribution in [3.63, 3.8) is 0 Å². The highest BCUT2D eigenvalue weighted by molar-refractivity contribution is 9.10. The lowest BCUT2D eigenvalue weighted by Crippen LogP contribution is -1.94. The Labute approximate surface area is 135 Å². The molecule has 0 spiro atoms. The topological polar surface area (TPSA) is 76.2 Å². The number of nitrogens with zero attached hydrogens (tertiary/aromatic N) is 2. The lowest BCUT2D eigenvalue weighted by molar-refractivity contribution is -0.385. The summed E-state index contributed by atoms with van der Waals surface area (Å²) >= 11 is 3.33. The van der Waals surface area contributed by atoms with Crippen molar-refractivity contribution < 1.29 is 9.66 Å². The van der Waals surface area contributed by atoms with Gasteiger partial charge in [0.1, 0.15) is 0 Å². The second kappa shape index (κ2) is 6.87. The summed E-state index contributed by atoms with van der Waals surface area (Å²) in [7, 11) is 1.38. The second-order valence-electron chi connectivity index (χ2n) is 4.37. The van der Waals surface area contributed by atoms with Gasteiger partial charge in [-0.15, -0.1) is 0 Å². The normalized spacial score (nSPS) is 10.9. The highest BCUT2D eigenvalue weighted by Crippen LogP contribution is 2.29. The fraction of sp³-hybridized carbons (Fsp3) is 0.0625. The summed E-state index contributed by atoms with van der Waals surface area (Å²) < 4.78 is 5.87. The molecule has 0 aromatic heterocycles. The minimum absolute atomic E-state index is 0.135. The van der Waals surface area contributed by atoms with Gasteiger partial charge in [-0.3, -0.25) is 10.1 Å². The smallest absolute Gasteiger partial charge is 0.311 e. The van der Waals surface area contributed by atoms with Crippen LogP contribution in [0.5, 0.6) is 5.75 Å². The lowest BCUT2D eigenvalue weighted by Gasteiger charge is -2.03. The molecule has 0 aliphatic rings. The number of hydrogen-bond acceptors (Lipinski definition) is 4. The Morgan fingerprint density at radius 3 is 2.55 bits per heavy atom. The standard InChI is InChI=1S/C16H11BrN2O3/c1-22-16-7-2-11(9-15(16)19(20)21)8-13(10-18)12-3-5-14(17)6-4-12/h2-9H,1H3/b13-8+. The molecule has 0 saturated heterocycles. The molecule has 0 fully saturated rings. The number of benzene rings is 2. The van der Waals surface area contributed by atoms with Crippen LogP contribution in [0.2, 0.25) is 0 Å². The Morgan fingerprint density at radius 2 is 2.00 bits per heavy atom. The Bertz CT molecular complexity index is 777. The first-order chi connectivity index (χ1) is 10.5. The van der Waals surface area contributed by atoms with Crippen LogP contribution in [-0.2, 0) is 0 Å². The van der Waals surface area contributed by atoms with Crippen LogP contribution in [0, 0.1) is 21.4 Å². The van der Waals surface area contributed by atoms with E-state index >= 15 is 0 Å². The van der Waals surface area contributed by atoms with Crippen LogP contribution in [-0.4, -0.2) is 12.0 Å². The molecular weight excluding hydrogens is 348 g/mol. The van der Waals surface area contributed by atoms with Crippen LogP contribution in [0.3, 0.4) is 0 Å². The van der Waals surface area contributed by atoms with E-state index in [0.29, 0.717) is 11.1 Å². The number of methoxy groups -OCH3 is 1. The molecule has 0 atom stereocenters. The molecule has 0 bridgehead atoms. The third-order valence-electron chi connectivity index (χ3n) is 2.99. The highest BCUT2D eigenvalue weighted by atomic mass is 79.9. The van der Waals surface area contributed by atoms with E-state index < -0.39 is 4.92 Å². The zero-order valence-electron chi connectivity index (χ0n) is 11.6. The van der Waals surface area contributed by atoms with E-state index in [9.17, 15) is 15.4 Å². The number of nitro groups is 1. The molecule has 5 nitrogen and oxygen atoms in total. The summed E-state index contributed by atoms with van der Waals surface area (Å²) in [5.41, 5.74) is 1.59. The van der Waals surface area contributed by atoms with E-state index in [0.717, 1.165) is 10.0 Å². The maximum atomic E-state index is 11.0. The van der Waals surface area contributed by atoms with Crippen LogP contribution in [0.4, 0.5) is 5.69 Å². The first-order valence-corrected chi connectivity index (χ1v) is 7.04. The number of nitriles is 1. The minimum atomic E-state index is -0.512. The van der Waals surface area contributed by atoms with Gasteiger partial charge in [0.25, 0.3) is 0 Å². The van der Waals surface area contributed by atoms with Gasteiger partial charge in [-0.25, -0.2) is 0 Å². The van der Waals surface area contributed by atoms with Crippen LogP contribution < -0.4 is 4.74 Å². The van der Waals surface area contributed by atoms with Gasteiger partial charge < -0.3 is 4.74 Å². The number of nitro benzene ring substituents is 1. The van der Waals surface area contributed by atoms with Crippen LogP contribution in [0.1, 0.15) is 11.1 Å². The number of allylic oxidation sites excluding steroid dienone is 1. The predicted molar refractivity (Wildman–Crippen MR) is 87.3 cm³/mol. The highest BCUT2D eigenvalue weighted by Gasteiger charge is 2.14. The van der Waals surface area contributed by atoms with E-state index in [1.54, 1.807) is 24.3 Å². The molecule has 0 radical (unpaired) electrons. The molecule has 2 aromatic rings. The molecule has 0 amide bonds. The first-order valence-electron chi connectivity index (χ1n) is 6.25. The summed E-state index contributed by atoms with van der Waals surface area (Å²) in [6.07, 6.45) is 1.61. The molecule has 0 N–H and O–H groups in total. The Morgan fingerprint density at radius 1 is 1.32 bits per heavy atom. The van der Waals surface area contributed by atoms with Gasteiger partial charge in [0.05, 0.1) is 23.7 Å². The van der Waals surface area contributed by atoms with E-state index in [1.165, 1.54) is 19.2 Å². The Kier molecular flexibility index (Phi) is 4.92. The Balaban J connectivity index is 2.46. The molecule has 0 aliphatic heterocycles. The maximum Gasteiger partial charge on any atom is 0.311 e. The van der Waals surface area contributed by atoms with E-state index in [4.69, 9.17) is 4.74 Å². The van der Waals surface area contributed by atoms with Crippen LogP contribution >= 0.6 is 15.9 Å². The van der Waals surface area contributed by atoms with Crippen molar-refractivity contribution in [2.24, 2.45) is 0 Å². The van der Waals surface area contributed by atoms with Crippen molar-refractivity contribution >= 4 is 33.3 Å². The van der Waals surface area contributed by atoms with Crippen molar-refractivity contribution in [1.82, 2.24) is 0 Å². The molecule has 0 heterocycles. The van der Waals surface area contributed by atoms with Gasteiger partial charge >= 0.3 is 5.69 Å². The maximum absolute atomic E-state index is 11.0. The van der Waals surface area contributed by atoms with E-state index in [2.05, 4.69) is 22.0 Å². The molecule has 2 aromatic carbocycles. The van der Waals surface area contributed by atoms with Crippen molar-refractivity contribution in [2.45, 2.75) is 0 Å². The predicted octanol–water partition coefficient (Wildman–Crippen LogP) is 4.43. The zero-order chi connectivity index (χ0) is 16.1. The summed E-state index contributed by atoms with van der Waals surface area (Å²) in [6.45, 7) is 0. The average Bonchev–Trinajstić information content (AvgIpc) is 2.53. The fourth-order valence-corrected chi connectivity index (χ4v) is 2.18. The molecule has 2 rings (SSSR count). The van der Waals surface area contributed by atoms with Gasteiger partial charge in [-0.1, -0.05) is 34.1 Å². The van der Waals surface area contributed by atoms with E-state index in [1.807, 2.05) is 12.1 Å². The van der Waals surface area contributed by atoms with Gasteiger partial charge in [0, 0.05) is 10.5 Å². The third kappa shape index (κ3) is 3.51. The minimum Gasteiger partial charge on any atom is -0.490 e. The molecular formula is C16H11BrN2O3. The van der Waals surface area contributed by atoms with Gasteiger partial charge in [-0.05, 0) is 35.4 Å². The van der Waals surface area contributed by atoms with Crippen LogP contribution in [0.25, 0.3) is 11.6 Å². The van der Waals surface area contributed by atoms with Crippen molar-refractivity contribution in [1.29, 1.82) is 5.26 Å². The molecule has 0 unspecified atom stereocenters. The van der Waals surface area contributed by atoms with Gasteiger partial charge in [0.15, 0.2) is 5.75 Å². The SMILES string of the molecule is COc1ccc(/C=C(\C#N)c2ccc(Br)cc2)cc1[N+](=O)[O-]. The molecule has 110 valence electrons. The average molecular weight is 359 g/mol. The Hall–Kier alpha value is -2.65. The van der Waals surface area contributed by atoms with Crippen LogP contribution in [0.15, 0.2) is 46.9 Å². The first kappa shape index (κ1) is 15.7. The summed E-state index contributed by atoms with van der Waals surface area (Å²) in [6, 6.07) is 13.9. The number of halogens is 1. The van der Waals surface area contributed by atoms with E-state index in [-0.39, 0.29) is 11.4 Å². The number of hydrogen-bond donors (Lipinski definition) is 0. The monoisotopic (exact) mass is 358 g/mol. The zero-order valence-corrected chi connectivity index (χ0v) is 13.2. The van der Waals surface area contributed by atoms with Crippen molar-refractivity contribution in [3.05, 3.63) is 68.2 Å².